The minimum Gasteiger partial charge on any atom is -0.409 e. The van der Waals surface area contributed by atoms with Crippen LogP contribution in [-0.2, 0) is 10.8 Å². The minimum absolute atomic E-state index is 0.0224. The SMILES string of the molecule is CC[S@](=O)[C@H]1CCCC[C@H]1NC(=O)c1ccc(-c2n[nH]c(=S)o2)cc1. The summed E-state index contributed by atoms with van der Waals surface area (Å²) in [5.41, 5.74) is 1.30. The molecule has 1 amide bonds. The van der Waals surface area contributed by atoms with Crippen LogP contribution in [0.3, 0.4) is 0 Å². The van der Waals surface area contributed by atoms with Crippen molar-refractivity contribution in [3.05, 3.63) is 34.7 Å². The molecule has 0 bridgehead atoms. The highest BCUT2D eigenvalue weighted by Crippen LogP contribution is 2.24. The molecule has 8 heteroatoms. The maximum atomic E-state index is 12.5. The standard InChI is InChI=1S/C17H21N3O3S2/c1-2-25(22)14-6-4-3-5-13(14)18-15(21)11-7-9-12(10-8-11)16-19-20-17(24)23-16/h7-10,13-14H,2-6H2,1H3,(H,18,21)(H,20,24)/t13-,14+,25+/m1/s1. The van der Waals surface area contributed by atoms with Crippen molar-refractivity contribution in [2.24, 2.45) is 0 Å². The summed E-state index contributed by atoms with van der Waals surface area (Å²) in [4.78, 5) is 12.8. The molecule has 3 rings (SSSR count). The molecule has 1 aliphatic carbocycles. The number of nitrogens with zero attached hydrogens (tertiary/aromatic N) is 1. The summed E-state index contributed by atoms with van der Waals surface area (Å²) in [6, 6.07) is 6.97. The lowest BCUT2D eigenvalue weighted by molar-refractivity contribution is 0.0929. The van der Waals surface area contributed by atoms with Gasteiger partial charge in [-0.2, -0.15) is 0 Å². The lowest BCUT2D eigenvalue weighted by Crippen LogP contribution is -2.47. The third-order valence-electron chi connectivity index (χ3n) is 4.47. The van der Waals surface area contributed by atoms with E-state index in [1.807, 2.05) is 6.92 Å². The Hall–Kier alpha value is -1.80. The van der Waals surface area contributed by atoms with E-state index in [2.05, 4.69) is 15.5 Å². The molecule has 134 valence electrons. The lowest BCUT2D eigenvalue weighted by atomic mass is 9.94. The van der Waals surface area contributed by atoms with Crippen LogP contribution < -0.4 is 5.32 Å². The van der Waals surface area contributed by atoms with Crippen LogP contribution in [0.25, 0.3) is 11.5 Å². The van der Waals surface area contributed by atoms with Crippen LogP contribution in [0, 0.1) is 4.84 Å². The van der Waals surface area contributed by atoms with Gasteiger partial charge in [-0.25, -0.2) is 5.10 Å². The molecule has 0 aliphatic heterocycles. The van der Waals surface area contributed by atoms with Gasteiger partial charge in [0.1, 0.15) is 0 Å². The minimum atomic E-state index is -0.891. The van der Waals surface area contributed by atoms with Crippen molar-refractivity contribution in [3.8, 4) is 11.5 Å². The molecule has 2 N–H and O–H groups in total. The van der Waals surface area contributed by atoms with E-state index in [0.717, 1.165) is 31.2 Å². The van der Waals surface area contributed by atoms with Crippen LogP contribution in [0.5, 0.6) is 0 Å². The average molecular weight is 380 g/mol. The van der Waals surface area contributed by atoms with Crippen LogP contribution in [0.4, 0.5) is 0 Å². The number of H-pyrrole nitrogens is 1. The Bertz CT molecular complexity index is 813. The maximum Gasteiger partial charge on any atom is 0.284 e. The van der Waals surface area contributed by atoms with E-state index < -0.39 is 10.8 Å². The summed E-state index contributed by atoms with van der Waals surface area (Å²) >= 11 is 4.86. The van der Waals surface area contributed by atoms with E-state index in [0.29, 0.717) is 17.2 Å². The summed E-state index contributed by atoms with van der Waals surface area (Å²) < 4.78 is 17.5. The zero-order valence-electron chi connectivity index (χ0n) is 14.0. The second-order valence-corrected chi connectivity index (χ2v) is 8.38. The number of carbonyl (C=O) groups is 1. The first kappa shape index (κ1) is 18.0. The number of amides is 1. The second-order valence-electron chi connectivity index (χ2n) is 6.07. The number of rotatable bonds is 5. The van der Waals surface area contributed by atoms with E-state index in [4.69, 9.17) is 16.6 Å². The van der Waals surface area contributed by atoms with Crippen molar-refractivity contribution >= 4 is 28.9 Å². The van der Waals surface area contributed by atoms with Crippen molar-refractivity contribution < 1.29 is 13.4 Å². The molecule has 1 aromatic heterocycles. The molecule has 3 atom stereocenters. The van der Waals surface area contributed by atoms with Gasteiger partial charge in [-0.05, 0) is 49.3 Å². The highest BCUT2D eigenvalue weighted by molar-refractivity contribution is 7.85. The molecule has 0 radical (unpaired) electrons. The van der Waals surface area contributed by atoms with Gasteiger partial charge >= 0.3 is 0 Å². The van der Waals surface area contributed by atoms with Crippen molar-refractivity contribution in [2.75, 3.05) is 5.75 Å². The van der Waals surface area contributed by atoms with Gasteiger partial charge in [0.2, 0.25) is 5.89 Å². The number of aromatic amines is 1. The van der Waals surface area contributed by atoms with Crippen LogP contribution in [0.2, 0.25) is 0 Å². The molecule has 1 aliphatic rings. The van der Waals surface area contributed by atoms with Crippen molar-refractivity contribution in [1.29, 1.82) is 0 Å². The van der Waals surface area contributed by atoms with Gasteiger partial charge in [-0.3, -0.25) is 9.00 Å². The second kappa shape index (κ2) is 8.05. The van der Waals surface area contributed by atoms with E-state index >= 15 is 0 Å². The third kappa shape index (κ3) is 4.24. The summed E-state index contributed by atoms with van der Waals surface area (Å²) in [6.45, 7) is 1.93. The number of hydrogen-bond acceptors (Lipinski definition) is 5. The Morgan fingerprint density at radius 3 is 2.72 bits per heavy atom. The zero-order valence-corrected chi connectivity index (χ0v) is 15.6. The van der Waals surface area contributed by atoms with E-state index in [-0.39, 0.29) is 22.0 Å². The summed E-state index contributed by atoms with van der Waals surface area (Å²) in [6.07, 6.45) is 3.93. The van der Waals surface area contributed by atoms with E-state index in [1.54, 1.807) is 24.3 Å². The van der Waals surface area contributed by atoms with Crippen LogP contribution in [0.1, 0.15) is 43.0 Å². The molecule has 25 heavy (non-hydrogen) atoms. The zero-order chi connectivity index (χ0) is 17.8. The average Bonchev–Trinajstić information content (AvgIpc) is 3.08. The molecular formula is C17H21N3O3S2. The van der Waals surface area contributed by atoms with Gasteiger partial charge in [0.25, 0.3) is 10.7 Å². The Morgan fingerprint density at radius 1 is 1.36 bits per heavy atom. The molecule has 1 fully saturated rings. The number of benzene rings is 1. The molecule has 1 heterocycles. The van der Waals surface area contributed by atoms with Gasteiger partial charge in [0, 0.05) is 33.7 Å². The smallest absolute Gasteiger partial charge is 0.284 e. The van der Waals surface area contributed by atoms with Gasteiger partial charge in [0.15, 0.2) is 0 Å². The maximum absolute atomic E-state index is 12.5. The lowest BCUT2D eigenvalue weighted by Gasteiger charge is -2.31. The molecule has 1 saturated carbocycles. The number of nitrogens with one attached hydrogen (secondary N) is 2. The van der Waals surface area contributed by atoms with E-state index in [1.165, 1.54) is 0 Å². The predicted octanol–water partition coefficient (Wildman–Crippen LogP) is 3.21. The number of hydrogen-bond donors (Lipinski definition) is 2. The fourth-order valence-electron chi connectivity index (χ4n) is 3.16. The topological polar surface area (TPSA) is 88.0 Å². The van der Waals surface area contributed by atoms with Gasteiger partial charge < -0.3 is 9.73 Å². The van der Waals surface area contributed by atoms with Crippen molar-refractivity contribution in [2.45, 2.75) is 43.9 Å². The van der Waals surface area contributed by atoms with Crippen molar-refractivity contribution in [1.82, 2.24) is 15.5 Å². The number of aromatic nitrogens is 2. The Labute approximate surface area is 153 Å². The number of carbonyl (C=O) groups excluding carboxylic acids is 1. The molecular weight excluding hydrogens is 358 g/mol. The van der Waals surface area contributed by atoms with Crippen LogP contribution in [0.15, 0.2) is 28.7 Å². The Balaban J connectivity index is 1.70. The van der Waals surface area contributed by atoms with Crippen molar-refractivity contribution in [3.63, 3.8) is 0 Å². The first-order valence-corrected chi connectivity index (χ1v) is 10.2. The first-order valence-electron chi connectivity index (χ1n) is 8.42. The van der Waals surface area contributed by atoms with Crippen LogP contribution >= 0.6 is 12.2 Å². The molecule has 2 aromatic rings. The first-order chi connectivity index (χ1) is 12.1. The largest absolute Gasteiger partial charge is 0.409 e. The molecule has 0 spiro atoms. The van der Waals surface area contributed by atoms with Gasteiger partial charge in [-0.1, -0.05) is 19.8 Å². The normalized spacial score (nSPS) is 21.6. The molecule has 6 nitrogen and oxygen atoms in total. The fraction of sp³-hybridized carbons (Fsp3) is 0.471. The Kier molecular flexibility index (Phi) is 5.80. The summed E-state index contributed by atoms with van der Waals surface area (Å²) in [7, 11) is -0.891. The fourth-order valence-corrected chi connectivity index (χ4v) is 4.71. The summed E-state index contributed by atoms with van der Waals surface area (Å²) in [5.74, 6) is 0.881. The molecule has 0 saturated heterocycles. The van der Waals surface area contributed by atoms with Gasteiger partial charge in [0.05, 0.1) is 5.25 Å². The third-order valence-corrected chi connectivity index (χ3v) is 6.46. The van der Waals surface area contributed by atoms with Gasteiger partial charge in [-0.15, -0.1) is 5.10 Å². The summed E-state index contributed by atoms with van der Waals surface area (Å²) in [5, 5.41) is 9.65. The Morgan fingerprint density at radius 2 is 2.08 bits per heavy atom. The highest BCUT2D eigenvalue weighted by Gasteiger charge is 2.30. The molecule has 1 aromatic carbocycles. The monoisotopic (exact) mass is 379 g/mol. The van der Waals surface area contributed by atoms with Crippen LogP contribution in [-0.4, -0.2) is 37.4 Å². The quantitative estimate of drug-likeness (QED) is 0.779. The molecule has 0 unspecified atom stereocenters. The van der Waals surface area contributed by atoms with E-state index in [9.17, 15) is 9.00 Å². The highest BCUT2D eigenvalue weighted by atomic mass is 32.2. The predicted molar refractivity (Wildman–Crippen MR) is 99.3 cm³/mol.